The van der Waals surface area contributed by atoms with Crippen LogP contribution in [0.25, 0.3) is 0 Å². The Balaban J connectivity index is 1.58. The average Bonchev–Trinajstić information content (AvgIpc) is 3.59. The van der Waals surface area contributed by atoms with Crippen molar-refractivity contribution in [3.63, 3.8) is 0 Å². The number of nitrogens with zero attached hydrogens (tertiary/aromatic N) is 1. The SMILES string of the molecule is CCOc1cc(/C=N\NC(=O)C(=O)NC2CC2)ccc1OCC(=O)Nc1c(C)cc(Br)cc1C. The van der Waals surface area contributed by atoms with Gasteiger partial charge in [0.25, 0.3) is 5.91 Å². The number of ether oxygens (including phenoxy) is 2. The van der Waals surface area contributed by atoms with Crippen molar-refractivity contribution in [3.8, 4) is 11.5 Å². The van der Waals surface area contributed by atoms with Gasteiger partial charge in [-0.1, -0.05) is 15.9 Å². The molecule has 1 aliphatic carbocycles. The first-order valence-electron chi connectivity index (χ1n) is 10.9. The molecule has 9 nitrogen and oxygen atoms in total. The van der Waals surface area contributed by atoms with Gasteiger partial charge in [-0.2, -0.15) is 5.10 Å². The van der Waals surface area contributed by atoms with E-state index >= 15 is 0 Å². The zero-order valence-corrected chi connectivity index (χ0v) is 20.8. The molecule has 10 heteroatoms. The third-order valence-corrected chi connectivity index (χ3v) is 5.34. The summed E-state index contributed by atoms with van der Waals surface area (Å²) in [6, 6.07) is 8.96. The van der Waals surface area contributed by atoms with Gasteiger partial charge >= 0.3 is 11.8 Å². The summed E-state index contributed by atoms with van der Waals surface area (Å²) in [5.41, 5.74) is 5.44. The summed E-state index contributed by atoms with van der Waals surface area (Å²) in [6.07, 6.45) is 3.17. The standard InChI is InChI=1S/C24H27BrN4O5/c1-4-33-20-11-16(12-26-29-24(32)23(31)27-18-6-7-18)5-8-19(20)34-13-21(30)28-22-14(2)9-17(25)10-15(22)3/h5,8-12,18H,4,6-7,13H2,1-3H3,(H,27,31)(H,28,30)(H,29,32)/b26-12-. The molecule has 0 heterocycles. The number of carbonyl (C=O) groups excluding carboxylic acids is 3. The van der Waals surface area contributed by atoms with Crippen LogP contribution in [0.15, 0.2) is 39.9 Å². The molecule has 0 bridgehead atoms. The van der Waals surface area contributed by atoms with Crippen LogP contribution in [-0.2, 0) is 14.4 Å². The van der Waals surface area contributed by atoms with E-state index < -0.39 is 11.8 Å². The molecular weight excluding hydrogens is 504 g/mol. The zero-order chi connectivity index (χ0) is 24.7. The van der Waals surface area contributed by atoms with Crippen LogP contribution in [-0.4, -0.2) is 43.2 Å². The monoisotopic (exact) mass is 530 g/mol. The predicted octanol–water partition coefficient (Wildman–Crippen LogP) is 3.21. The van der Waals surface area contributed by atoms with Gasteiger partial charge < -0.3 is 20.1 Å². The second-order valence-corrected chi connectivity index (χ2v) is 8.75. The largest absolute Gasteiger partial charge is 0.490 e. The van der Waals surface area contributed by atoms with E-state index in [9.17, 15) is 14.4 Å². The lowest BCUT2D eigenvalue weighted by Crippen LogP contribution is -2.38. The molecule has 0 aromatic heterocycles. The smallest absolute Gasteiger partial charge is 0.329 e. The molecule has 1 fully saturated rings. The Morgan fingerprint density at radius 1 is 1.06 bits per heavy atom. The number of amides is 3. The quantitative estimate of drug-likeness (QED) is 0.261. The fourth-order valence-corrected chi connectivity index (χ4v) is 3.80. The predicted molar refractivity (Wildman–Crippen MR) is 132 cm³/mol. The maximum Gasteiger partial charge on any atom is 0.329 e. The van der Waals surface area contributed by atoms with Crippen molar-refractivity contribution in [2.45, 2.75) is 39.7 Å². The summed E-state index contributed by atoms with van der Waals surface area (Å²) < 4.78 is 12.3. The van der Waals surface area contributed by atoms with Crippen molar-refractivity contribution >= 4 is 45.6 Å². The topological polar surface area (TPSA) is 118 Å². The molecule has 34 heavy (non-hydrogen) atoms. The lowest BCUT2D eigenvalue weighted by molar-refractivity contribution is -0.139. The Bertz CT molecular complexity index is 1090. The first-order chi connectivity index (χ1) is 16.3. The van der Waals surface area contributed by atoms with Gasteiger partial charge in [0.1, 0.15) is 0 Å². The van der Waals surface area contributed by atoms with Gasteiger partial charge in [-0.25, -0.2) is 5.43 Å². The highest BCUT2D eigenvalue weighted by Gasteiger charge is 2.26. The first-order valence-corrected chi connectivity index (χ1v) is 11.7. The molecule has 0 spiro atoms. The van der Waals surface area contributed by atoms with Crippen LogP contribution < -0.4 is 25.5 Å². The number of hydrogen-bond donors (Lipinski definition) is 3. The van der Waals surface area contributed by atoms with Gasteiger partial charge in [-0.15, -0.1) is 0 Å². The molecule has 0 radical (unpaired) electrons. The molecule has 180 valence electrons. The van der Waals surface area contributed by atoms with Crippen molar-refractivity contribution in [1.82, 2.24) is 10.7 Å². The number of nitrogens with one attached hydrogen (secondary N) is 3. The number of anilines is 1. The molecule has 0 unspecified atom stereocenters. The summed E-state index contributed by atoms with van der Waals surface area (Å²) in [7, 11) is 0. The molecule has 2 aromatic rings. The molecule has 3 rings (SSSR count). The van der Waals surface area contributed by atoms with Crippen molar-refractivity contribution in [3.05, 3.63) is 51.5 Å². The van der Waals surface area contributed by atoms with Gasteiger partial charge in [0.15, 0.2) is 18.1 Å². The van der Waals surface area contributed by atoms with Crippen molar-refractivity contribution < 1.29 is 23.9 Å². The molecular formula is C24H27BrN4O5. The van der Waals surface area contributed by atoms with Crippen molar-refractivity contribution in [2.75, 3.05) is 18.5 Å². The van der Waals surface area contributed by atoms with Gasteiger partial charge in [0.05, 0.1) is 12.8 Å². The highest BCUT2D eigenvalue weighted by atomic mass is 79.9. The number of aryl methyl sites for hydroxylation is 2. The first kappa shape index (κ1) is 25.2. The average molecular weight is 531 g/mol. The van der Waals surface area contributed by atoms with Gasteiger partial charge in [0, 0.05) is 16.2 Å². The van der Waals surface area contributed by atoms with Crippen LogP contribution in [0.4, 0.5) is 5.69 Å². The highest BCUT2D eigenvalue weighted by molar-refractivity contribution is 9.10. The summed E-state index contributed by atoms with van der Waals surface area (Å²) in [6.45, 7) is 5.86. The number of halogens is 1. The number of carbonyl (C=O) groups is 3. The third-order valence-electron chi connectivity index (χ3n) is 4.89. The zero-order valence-electron chi connectivity index (χ0n) is 19.2. The Morgan fingerprint density at radius 3 is 2.41 bits per heavy atom. The van der Waals surface area contributed by atoms with E-state index in [-0.39, 0.29) is 18.6 Å². The third kappa shape index (κ3) is 7.31. The van der Waals surface area contributed by atoms with E-state index in [2.05, 4.69) is 37.1 Å². The van der Waals surface area contributed by atoms with Gasteiger partial charge in [-0.3, -0.25) is 14.4 Å². The molecule has 0 aliphatic heterocycles. The maximum atomic E-state index is 12.5. The van der Waals surface area contributed by atoms with Crippen LogP contribution in [0.5, 0.6) is 11.5 Å². The minimum Gasteiger partial charge on any atom is -0.490 e. The van der Waals surface area contributed by atoms with Crippen molar-refractivity contribution in [2.24, 2.45) is 5.10 Å². The second-order valence-electron chi connectivity index (χ2n) is 7.84. The van der Waals surface area contributed by atoms with E-state index in [0.717, 1.165) is 34.1 Å². The van der Waals surface area contributed by atoms with E-state index in [4.69, 9.17) is 9.47 Å². The van der Waals surface area contributed by atoms with Gasteiger partial charge in [-0.05, 0) is 80.6 Å². The molecule has 0 atom stereocenters. The summed E-state index contributed by atoms with van der Waals surface area (Å²) in [5.74, 6) is -1.01. The van der Waals surface area contributed by atoms with Crippen LogP contribution in [0.2, 0.25) is 0 Å². The van der Waals surface area contributed by atoms with Crippen molar-refractivity contribution in [1.29, 1.82) is 0 Å². The summed E-state index contributed by atoms with van der Waals surface area (Å²) in [5, 5.41) is 9.28. The minimum absolute atomic E-state index is 0.0912. The summed E-state index contributed by atoms with van der Waals surface area (Å²) in [4.78, 5) is 35.8. The Morgan fingerprint density at radius 2 is 1.76 bits per heavy atom. The minimum atomic E-state index is -0.824. The molecule has 1 aliphatic rings. The lowest BCUT2D eigenvalue weighted by Gasteiger charge is -2.14. The van der Waals surface area contributed by atoms with Crippen LogP contribution >= 0.6 is 15.9 Å². The number of hydrazone groups is 1. The fraction of sp³-hybridized carbons (Fsp3) is 0.333. The maximum absolute atomic E-state index is 12.5. The van der Waals surface area contributed by atoms with E-state index in [1.165, 1.54) is 6.21 Å². The molecule has 3 amide bonds. The summed E-state index contributed by atoms with van der Waals surface area (Å²) >= 11 is 3.44. The number of hydrogen-bond acceptors (Lipinski definition) is 6. The van der Waals surface area contributed by atoms with Crippen LogP contribution in [0.3, 0.4) is 0 Å². The fourth-order valence-electron chi connectivity index (χ4n) is 3.11. The second kappa shape index (κ2) is 11.6. The lowest BCUT2D eigenvalue weighted by atomic mass is 10.1. The van der Waals surface area contributed by atoms with E-state index in [1.54, 1.807) is 18.2 Å². The van der Waals surface area contributed by atoms with Gasteiger partial charge in [0.2, 0.25) is 0 Å². The molecule has 0 saturated heterocycles. The Labute approximate surface area is 206 Å². The molecule has 3 N–H and O–H groups in total. The molecule has 2 aromatic carbocycles. The highest BCUT2D eigenvalue weighted by Crippen LogP contribution is 2.29. The van der Waals surface area contributed by atoms with E-state index in [0.29, 0.717) is 23.7 Å². The Kier molecular flexibility index (Phi) is 8.64. The number of rotatable bonds is 9. The van der Waals surface area contributed by atoms with Crippen LogP contribution in [0.1, 0.15) is 36.5 Å². The Hall–Kier alpha value is -3.40. The normalized spacial score (nSPS) is 12.8. The van der Waals surface area contributed by atoms with E-state index in [1.807, 2.05) is 32.9 Å². The van der Waals surface area contributed by atoms with Crippen LogP contribution in [0, 0.1) is 13.8 Å². The number of benzene rings is 2. The molecule has 1 saturated carbocycles.